The van der Waals surface area contributed by atoms with Crippen LogP contribution in [0.4, 0.5) is 5.69 Å². The van der Waals surface area contributed by atoms with Crippen LogP contribution in [0.15, 0.2) is 77.7 Å². The van der Waals surface area contributed by atoms with Crippen LogP contribution in [0.3, 0.4) is 0 Å². The fourth-order valence-corrected chi connectivity index (χ4v) is 6.77. The zero-order valence-electron chi connectivity index (χ0n) is 21.9. The largest absolute Gasteiger partial charge is 0.352 e. The highest BCUT2D eigenvalue weighted by atomic mass is 35.5. The summed E-state index contributed by atoms with van der Waals surface area (Å²) in [6.07, 6.45) is 3.84. The fraction of sp³-hybridized carbons (Fsp3) is 0.310. The van der Waals surface area contributed by atoms with Crippen molar-refractivity contribution in [2.45, 2.75) is 56.1 Å². The zero-order chi connectivity index (χ0) is 28.9. The van der Waals surface area contributed by atoms with Crippen molar-refractivity contribution >= 4 is 62.3 Å². The van der Waals surface area contributed by atoms with E-state index in [0.29, 0.717) is 10.6 Å². The van der Waals surface area contributed by atoms with Gasteiger partial charge < -0.3 is 10.2 Å². The lowest BCUT2D eigenvalue weighted by molar-refractivity contribution is -0.139. The first-order valence-corrected chi connectivity index (χ1v) is 15.5. The maximum Gasteiger partial charge on any atom is 0.264 e. The number of rotatable bonds is 10. The van der Waals surface area contributed by atoms with Gasteiger partial charge in [-0.05, 0) is 61.7 Å². The molecular weight excluding hydrogens is 593 g/mol. The summed E-state index contributed by atoms with van der Waals surface area (Å²) in [6, 6.07) is 18.3. The maximum absolute atomic E-state index is 14.0. The number of sulfonamides is 1. The normalized spacial score (nSPS) is 14.5. The predicted molar refractivity (Wildman–Crippen MR) is 159 cm³/mol. The number of nitrogens with zero attached hydrogens (tertiary/aromatic N) is 2. The summed E-state index contributed by atoms with van der Waals surface area (Å²) in [5.41, 5.74) is 0.670. The first-order chi connectivity index (χ1) is 19.1. The van der Waals surface area contributed by atoms with E-state index in [-0.39, 0.29) is 39.1 Å². The van der Waals surface area contributed by atoms with E-state index < -0.39 is 28.5 Å². The van der Waals surface area contributed by atoms with E-state index in [9.17, 15) is 18.0 Å². The average Bonchev–Trinajstić information content (AvgIpc) is 3.45. The van der Waals surface area contributed by atoms with E-state index in [2.05, 4.69) is 5.32 Å². The molecule has 0 unspecified atom stereocenters. The summed E-state index contributed by atoms with van der Waals surface area (Å²) in [6.45, 7) is 1.00. The molecule has 0 aliphatic heterocycles. The van der Waals surface area contributed by atoms with Gasteiger partial charge in [-0.15, -0.1) is 0 Å². The summed E-state index contributed by atoms with van der Waals surface area (Å²) in [4.78, 5) is 28.6. The third-order valence-corrected chi connectivity index (χ3v) is 9.65. The monoisotopic (exact) mass is 621 g/mol. The van der Waals surface area contributed by atoms with Crippen LogP contribution in [-0.2, 0) is 26.2 Å². The Morgan fingerprint density at radius 1 is 0.925 bits per heavy atom. The molecule has 11 heteroatoms. The van der Waals surface area contributed by atoms with E-state index in [1.54, 1.807) is 49.4 Å². The van der Waals surface area contributed by atoms with Gasteiger partial charge in [0.25, 0.3) is 10.0 Å². The molecule has 3 aromatic carbocycles. The number of nitrogens with one attached hydrogen (secondary N) is 1. The Kier molecular flexibility index (Phi) is 10.0. The van der Waals surface area contributed by atoms with Gasteiger partial charge in [0.2, 0.25) is 11.8 Å². The smallest absolute Gasteiger partial charge is 0.264 e. The van der Waals surface area contributed by atoms with E-state index >= 15 is 0 Å². The molecule has 1 atom stereocenters. The van der Waals surface area contributed by atoms with Gasteiger partial charge in [0.15, 0.2) is 0 Å². The Bertz CT molecular complexity index is 1460. The van der Waals surface area contributed by atoms with Crippen molar-refractivity contribution in [3.8, 4) is 0 Å². The minimum absolute atomic E-state index is 0.000261. The van der Waals surface area contributed by atoms with E-state index in [1.165, 1.54) is 35.2 Å². The molecule has 1 saturated carbocycles. The van der Waals surface area contributed by atoms with E-state index in [4.69, 9.17) is 34.8 Å². The number of hydrogen-bond donors (Lipinski definition) is 1. The molecule has 1 aliphatic rings. The Morgan fingerprint density at radius 3 is 2.25 bits per heavy atom. The highest BCUT2D eigenvalue weighted by Gasteiger charge is 2.34. The summed E-state index contributed by atoms with van der Waals surface area (Å²) in [7, 11) is -4.25. The van der Waals surface area contributed by atoms with Crippen molar-refractivity contribution < 1.29 is 18.0 Å². The third-order valence-electron chi connectivity index (χ3n) is 6.95. The molecule has 212 valence electrons. The molecule has 7 nitrogen and oxygen atoms in total. The second-order valence-corrected chi connectivity index (χ2v) is 12.8. The fourth-order valence-electron chi connectivity index (χ4n) is 4.69. The van der Waals surface area contributed by atoms with Crippen molar-refractivity contribution in [2.24, 2.45) is 0 Å². The highest BCUT2D eigenvalue weighted by molar-refractivity contribution is 7.92. The van der Waals surface area contributed by atoms with E-state index in [0.717, 1.165) is 30.0 Å². The lowest BCUT2D eigenvalue weighted by atomic mass is 10.1. The molecule has 4 rings (SSSR count). The van der Waals surface area contributed by atoms with Gasteiger partial charge >= 0.3 is 0 Å². The summed E-state index contributed by atoms with van der Waals surface area (Å²) in [5, 5.41) is 3.81. The van der Waals surface area contributed by atoms with Crippen LogP contribution in [0.2, 0.25) is 15.1 Å². The molecule has 0 bridgehead atoms. The lowest BCUT2D eigenvalue weighted by Crippen LogP contribution is -2.52. The van der Waals surface area contributed by atoms with Gasteiger partial charge in [-0.2, -0.15) is 0 Å². The highest BCUT2D eigenvalue weighted by Crippen LogP contribution is 2.33. The van der Waals surface area contributed by atoms with Crippen molar-refractivity contribution in [2.75, 3.05) is 10.8 Å². The second-order valence-electron chi connectivity index (χ2n) is 9.70. The van der Waals surface area contributed by atoms with Crippen LogP contribution >= 0.6 is 34.8 Å². The maximum atomic E-state index is 14.0. The van der Waals surface area contributed by atoms with Gasteiger partial charge in [-0.25, -0.2) is 8.42 Å². The van der Waals surface area contributed by atoms with Crippen molar-refractivity contribution in [3.05, 3.63) is 93.4 Å². The van der Waals surface area contributed by atoms with Gasteiger partial charge in [-0.3, -0.25) is 13.9 Å². The first-order valence-electron chi connectivity index (χ1n) is 12.9. The molecule has 0 spiro atoms. The Hall–Kier alpha value is -2.78. The molecule has 3 aromatic rings. The lowest BCUT2D eigenvalue weighted by Gasteiger charge is -2.33. The molecular formula is C29H30Cl3N3O4S. The van der Waals surface area contributed by atoms with E-state index in [1.807, 2.05) is 0 Å². The standard InChI is InChI=1S/C29H30Cl3N3O4S/c1-20(29(37)33-23-10-6-7-11-23)34(18-21-9-5-8-14-25(21)31)28(36)19-35(27-17-22(30)15-16-26(27)32)40(38,39)24-12-3-2-4-13-24/h2-5,8-9,12-17,20,23H,6-7,10-11,18-19H2,1H3,(H,33,37)/t20-/m0/s1. The topological polar surface area (TPSA) is 86.8 Å². The number of carbonyl (C=O) groups excluding carboxylic acids is 2. The molecule has 0 aromatic heterocycles. The molecule has 1 N–H and O–H groups in total. The number of anilines is 1. The number of carbonyl (C=O) groups is 2. The van der Waals surface area contributed by atoms with Gasteiger partial charge in [0.1, 0.15) is 12.6 Å². The van der Waals surface area contributed by atoms with Crippen LogP contribution in [-0.4, -0.2) is 43.8 Å². The molecule has 0 saturated heterocycles. The summed E-state index contributed by atoms with van der Waals surface area (Å²) < 4.78 is 28.6. The number of amides is 2. The zero-order valence-corrected chi connectivity index (χ0v) is 25.0. The quantitative estimate of drug-likeness (QED) is 0.287. The average molecular weight is 623 g/mol. The Balaban J connectivity index is 1.72. The van der Waals surface area contributed by atoms with Gasteiger partial charge in [0, 0.05) is 22.6 Å². The van der Waals surface area contributed by atoms with Crippen LogP contribution in [0.25, 0.3) is 0 Å². The third kappa shape index (κ3) is 7.10. The summed E-state index contributed by atoms with van der Waals surface area (Å²) in [5.74, 6) is -0.921. The van der Waals surface area contributed by atoms with Crippen molar-refractivity contribution in [1.82, 2.24) is 10.2 Å². The Labute approximate surface area is 250 Å². The minimum atomic E-state index is -4.25. The van der Waals surface area contributed by atoms with Crippen molar-refractivity contribution in [1.29, 1.82) is 0 Å². The molecule has 40 heavy (non-hydrogen) atoms. The molecule has 2 amide bonds. The van der Waals surface area contributed by atoms with Crippen LogP contribution in [0.5, 0.6) is 0 Å². The van der Waals surface area contributed by atoms with Crippen molar-refractivity contribution in [3.63, 3.8) is 0 Å². The minimum Gasteiger partial charge on any atom is -0.352 e. The first kappa shape index (κ1) is 30.2. The van der Waals surface area contributed by atoms with Crippen LogP contribution < -0.4 is 9.62 Å². The number of benzene rings is 3. The number of halogens is 3. The second kappa shape index (κ2) is 13.3. The number of hydrogen-bond acceptors (Lipinski definition) is 4. The molecule has 1 fully saturated rings. The predicted octanol–water partition coefficient (Wildman–Crippen LogP) is 6.32. The molecule has 0 heterocycles. The molecule has 0 radical (unpaired) electrons. The van der Waals surface area contributed by atoms with Crippen LogP contribution in [0, 0.1) is 0 Å². The van der Waals surface area contributed by atoms with Gasteiger partial charge in [0.05, 0.1) is 15.6 Å². The Morgan fingerprint density at radius 2 is 1.57 bits per heavy atom. The molecule has 1 aliphatic carbocycles. The summed E-state index contributed by atoms with van der Waals surface area (Å²) >= 11 is 19.1. The van der Waals surface area contributed by atoms with Gasteiger partial charge in [-0.1, -0.05) is 84.0 Å². The van der Waals surface area contributed by atoms with Crippen LogP contribution in [0.1, 0.15) is 38.2 Å². The SMILES string of the molecule is C[C@@H](C(=O)NC1CCCC1)N(Cc1ccccc1Cl)C(=O)CN(c1cc(Cl)ccc1Cl)S(=O)(=O)c1ccccc1.